The molecule has 2 aliphatic heterocycles. The zero-order chi connectivity index (χ0) is 19.8. The third-order valence-electron chi connectivity index (χ3n) is 6.04. The molecule has 1 fully saturated rings. The quantitative estimate of drug-likeness (QED) is 0.743. The molecule has 29 heavy (non-hydrogen) atoms. The number of aryl methyl sites for hydroxylation is 1. The topological polar surface area (TPSA) is 57.7 Å². The summed E-state index contributed by atoms with van der Waals surface area (Å²) in [6.45, 7) is 5.76. The van der Waals surface area contributed by atoms with E-state index in [2.05, 4.69) is 34.1 Å². The lowest BCUT2D eigenvalue weighted by Crippen LogP contribution is -2.40. The Hall–Kier alpha value is -2.92. The van der Waals surface area contributed by atoms with Crippen molar-refractivity contribution in [3.05, 3.63) is 75.7 Å². The maximum atomic E-state index is 12.0. The molecule has 3 heterocycles. The molecule has 0 spiro atoms. The molecule has 0 aliphatic carbocycles. The Morgan fingerprint density at radius 3 is 2.86 bits per heavy atom. The van der Waals surface area contributed by atoms with Gasteiger partial charge in [-0.05, 0) is 54.5 Å². The van der Waals surface area contributed by atoms with Crippen molar-refractivity contribution >= 4 is 16.5 Å². The highest BCUT2D eigenvalue weighted by atomic mass is 16.5. The van der Waals surface area contributed by atoms with Gasteiger partial charge in [0.2, 0.25) is 0 Å². The number of hydrogen-bond donors (Lipinski definition) is 1. The maximum Gasteiger partial charge on any atom is 0.255 e. The van der Waals surface area contributed by atoms with Gasteiger partial charge in [-0.2, -0.15) is 0 Å². The van der Waals surface area contributed by atoms with Gasteiger partial charge in [0.15, 0.2) is 0 Å². The molecule has 0 atom stereocenters. The van der Waals surface area contributed by atoms with Crippen LogP contribution >= 0.6 is 0 Å². The number of likely N-dealkylation sites (tertiary alicyclic amines) is 1. The lowest BCUT2D eigenvalue weighted by molar-refractivity contribution is 0.108. The van der Waals surface area contributed by atoms with Crippen LogP contribution in [0.5, 0.6) is 5.75 Å². The van der Waals surface area contributed by atoms with Crippen LogP contribution in [0.25, 0.3) is 10.8 Å². The Bertz CT molecular complexity index is 1140. The SMILES string of the molecule is Cc1cc2c(=O)[nH]ccc2cc1OC1CCN(CC2=NCc3ccccc32)CC1. The number of nitrogens with one attached hydrogen (secondary N) is 1. The van der Waals surface area contributed by atoms with Gasteiger partial charge in [-0.1, -0.05) is 24.3 Å². The van der Waals surface area contributed by atoms with Gasteiger partial charge >= 0.3 is 0 Å². The summed E-state index contributed by atoms with van der Waals surface area (Å²) in [5.74, 6) is 0.885. The number of H-pyrrole nitrogens is 1. The standard InChI is InChI=1S/C24H25N3O2/c1-16-12-21-17(6-9-25-24(21)28)13-23(16)29-19-7-10-27(11-8-19)15-22-20-5-3-2-4-18(20)14-26-22/h2-6,9,12-13,19H,7-8,10-11,14-15H2,1H3,(H,25,28). The molecule has 148 valence electrons. The van der Waals surface area contributed by atoms with Crippen LogP contribution in [0.3, 0.4) is 0 Å². The van der Waals surface area contributed by atoms with Crippen molar-refractivity contribution in [2.45, 2.75) is 32.4 Å². The lowest BCUT2D eigenvalue weighted by Gasteiger charge is -2.32. The molecule has 0 radical (unpaired) electrons. The number of ether oxygens (including phenoxy) is 1. The number of fused-ring (bicyclic) bond motifs is 2. The molecule has 2 aromatic carbocycles. The highest BCUT2D eigenvalue weighted by molar-refractivity contribution is 6.05. The average molecular weight is 387 g/mol. The Kier molecular flexibility index (Phi) is 4.68. The predicted molar refractivity (Wildman–Crippen MR) is 116 cm³/mol. The van der Waals surface area contributed by atoms with Gasteiger partial charge in [0.25, 0.3) is 5.56 Å². The lowest BCUT2D eigenvalue weighted by atomic mass is 10.0. The van der Waals surface area contributed by atoms with Crippen molar-refractivity contribution in [3.8, 4) is 5.75 Å². The molecular formula is C24H25N3O2. The molecule has 1 aromatic heterocycles. The van der Waals surface area contributed by atoms with Crippen molar-refractivity contribution in [3.63, 3.8) is 0 Å². The van der Waals surface area contributed by atoms with Crippen molar-refractivity contribution in [1.29, 1.82) is 0 Å². The minimum Gasteiger partial charge on any atom is -0.490 e. The zero-order valence-electron chi connectivity index (χ0n) is 16.6. The molecule has 2 aliphatic rings. The van der Waals surface area contributed by atoms with Crippen LogP contribution in [0.15, 0.2) is 58.4 Å². The molecule has 5 rings (SSSR count). The summed E-state index contributed by atoms with van der Waals surface area (Å²) in [6.07, 6.45) is 3.90. The Labute approximate surface area is 170 Å². The van der Waals surface area contributed by atoms with Crippen LogP contribution in [-0.2, 0) is 6.54 Å². The second-order valence-electron chi connectivity index (χ2n) is 8.03. The summed E-state index contributed by atoms with van der Waals surface area (Å²) in [5.41, 5.74) is 4.82. The van der Waals surface area contributed by atoms with Gasteiger partial charge in [-0.25, -0.2) is 0 Å². The van der Waals surface area contributed by atoms with Gasteiger partial charge in [0.05, 0.1) is 12.3 Å². The fourth-order valence-electron chi connectivity index (χ4n) is 4.37. The Morgan fingerprint density at radius 2 is 2.00 bits per heavy atom. The molecule has 1 N–H and O–H groups in total. The first-order valence-electron chi connectivity index (χ1n) is 10.3. The van der Waals surface area contributed by atoms with Crippen molar-refractivity contribution in [2.24, 2.45) is 4.99 Å². The van der Waals surface area contributed by atoms with Crippen LogP contribution < -0.4 is 10.3 Å². The van der Waals surface area contributed by atoms with Crippen LogP contribution in [-0.4, -0.2) is 41.3 Å². The summed E-state index contributed by atoms with van der Waals surface area (Å²) < 4.78 is 6.34. The third kappa shape index (κ3) is 3.58. The minimum absolute atomic E-state index is 0.0538. The Balaban J connectivity index is 1.22. The number of pyridine rings is 1. The van der Waals surface area contributed by atoms with E-state index in [0.717, 1.165) is 55.7 Å². The monoisotopic (exact) mass is 387 g/mol. The van der Waals surface area contributed by atoms with E-state index in [1.807, 2.05) is 25.1 Å². The fourth-order valence-corrected chi connectivity index (χ4v) is 4.37. The number of rotatable bonds is 4. The van der Waals surface area contributed by atoms with Gasteiger partial charge in [0.1, 0.15) is 11.9 Å². The average Bonchev–Trinajstić information content (AvgIpc) is 3.14. The predicted octanol–water partition coefficient (Wildman–Crippen LogP) is 3.68. The summed E-state index contributed by atoms with van der Waals surface area (Å²) in [6, 6.07) is 14.4. The van der Waals surface area contributed by atoms with Crippen molar-refractivity contribution < 1.29 is 4.74 Å². The first-order chi connectivity index (χ1) is 14.2. The number of piperidine rings is 1. The fraction of sp³-hybridized carbons (Fsp3) is 0.333. The number of aromatic amines is 1. The summed E-state index contributed by atoms with van der Waals surface area (Å²) in [4.78, 5) is 21.9. The third-order valence-corrected chi connectivity index (χ3v) is 6.04. The molecule has 5 heteroatoms. The number of benzene rings is 2. The van der Waals surface area contributed by atoms with Gasteiger partial charge in [0, 0.05) is 36.8 Å². The summed E-state index contributed by atoms with van der Waals surface area (Å²) in [5, 5.41) is 1.63. The zero-order valence-corrected chi connectivity index (χ0v) is 16.6. The maximum absolute atomic E-state index is 12.0. The molecule has 1 saturated heterocycles. The molecule has 0 unspecified atom stereocenters. The minimum atomic E-state index is -0.0538. The summed E-state index contributed by atoms with van der Waals surface area (Å²) >= 11 is 0. The number of hydrogen-bond acceptors (Lipinski definition) is 4. The second kappa shape index (κ2) is 7.48. The first kappa shape index (κ1) is 18.1. The highest BCUT2D eigenvalue weighted by Crippen LogP contribution is 2.27. The normalized spacial score (nSPS) is 17.3. The molecule has 0 bridgehead atoms. The van der Waals surface area contributed by atoms with Gasteiger partial charge in [-0.3, -0.25) is 14.7 Å². The van der Waals surface area contributed by atoms with Crippen LogP contribution in [0.2, 0.25) is 0 Å². The summed E-state index contributed by atoms with van der Waals surface area (Å²) in [7, 11) is 0. The van der Waals surface area contributed by atoms with E-state index in [1.165, 1.54) is 16.8 Å². The van der Waals surface area contributed by atoms with Crippen LogP contribution in [0.1, 0.15) is 29.5 Å². The molecule has 3 aromatic rings. The molecule has 0 amide bonds. The van der Waals surface area contributed by atoms with Crippen molar-refractivity contribution in [2.75, 3.05) is 19.6 Å². The van der Waals surface area contributed by atoms with Crippen molar-refractivity contribution in [1.82, 2.24) is 9.88 Å². The van der Waals surface area contributed by atoms with Crippen LogP contribution in [0.4, 0.5) is 0 Å². The number of nitrogens with zero attached hydrogens (tertiary/aromatic N) is 2. The second-order valence-corrected chi connectivity index (χ2v) is 8.03. The van der Waals surface area contributed by atoms with Crippen LogP contribution in [0, 0.1) is 6.92 Å². The smallest absolute Gasteiger partial charge is 0.255 e. The van der Waals surface area contributed by atoms with E-state index in [-0.39, 0.29) is 11.7 Å². The molecule has 5 nitrogen and oxygen atoms in total. The van der Waals surface area contributed by atoms with E-state index in [0.29, 0.717) is 5.39 Å². The van der Waals surface area contributed by atoms with E-state index >= 15 is 0 Å². The van der Waals surface area contributed by atoms with Gasteiger partial charge < -0.3 is 9.72 Å². The Morgan fingerprint density at radius 1 is 1.17 bits per heavy atom. The highest BCUT2D eigenvalue weighted by Gasteiger charge is 2.24. The molecular weight excluding hydrogens is 362 g/mol. The van der Waals surface area contributed by atoms with E-state index < -0.39 is 0 Å². The number of aromatic nitrogens is 1. The van der Waals surface area contributed by atoms with E-state index in [9.17, 15) is 4.79 Å². The van der Waals surface area contributed by atoms with Gasteiger partial charge in [-0.15, -0.1) is 0 Å². The van der Waals surface area contributed by atoms with E-state index in [4.69, 9.17) is 9.73 Å². The molecule has 0 saturated carbocycles. The largest absolute Gasteiger partial charge is 0.490 e. The number of aliphatic imine (C=N–C) groups is 1. The van der Waals surface area contributed by atoms with E-state index in [1.54, 1.807) is 6.20 Å². The first-order valence-corrected chi connectivity index (χ1v) is 10.3.